The molecule has 0 radical (unpaired) electrons. The summed E-state index contributed by atoms with van der Waals surface area (Å²) in [6.07, 6.45) is 1.39. The van der Waals surface area contributed by atoms with Crippen LogP contribution in [0.2, 0.25) is 0 Å². The molecule has 0 aliphatic heterocycles. The number of hydrogen-bond acceptors (Lipinski definition) is 2. The topological polar surface area (TPSA) is 63.6 Å². The molecule has 1 aromatic rings. The molecule has 0 unspecified atom stereocenters. The van der Waals surface area contributed by atoms with Crippen molar-refractivity contribution in [2.24, 2.45) is 15.7 Å². The van der Waals surface area contributed by atoms with Gasteiger partial charge in [0.2, 0.25) is 0 Å². The number of aromatic nitrogens is 1. The Bertz CT molecular complexity index is 346. The fraction of sp³-hybridized carbons (Fsp3) is 0.125. The summed E-state index contributed by atoms with van der Waals surface area (Å²) in [5, 5.41) is 0. The lowest BCUT2D eigenvalue weighted by atomic mass is 10.3. The van der Waals surface area contributed by atoms with Gasteiger partial charge in [0.05, 0.1) is 0 Å². The standard InChI is InChI=1S/C8H9BrN4/c1-11-5-12-8(10)6-3-2-4-7(9)13-6/h2-5H,1H3,(H2,10,11,12). The van der Waals surface area contributed by atoms with Crippen LogP contribution in [0.3, 0.4) is 0 Å². The van der Waals surface area contributed by atoms with Crippen LogP contribution >= 0.6 is 15.9 Å². The number of nitrogens with zero attached hydrogens (tertiary/aromatic N) is 3. The lowest BCUT2D eigenvalue weighted by Gasteiger charge is -1.97. The first kappa shape index (κ1) is 9.85. The average molecular weight is 241 g/mol. The van der Waals surface area contributed by atoms with Gasteiger partial charge in [0.25, 0.3) is 0 Å². The van der Waals surface area contributed by atoms with E-state index in [0.29, 0.717) is 11.5 Å². The summed E-state index contributed by atoms with van der Waals surface area (Å²) in [6, 6.07) is 5.45. The Morgan fingerprint density at radius 1 is 1.62 bits per heavy atom. The molecule has 2 N–H and O–H groups in total. The van der Waals surface area contributed by atoms with Gasteiger partial charge in [0.1, 0.15) is 16.6 Å². The van der Waals surface area contributed by atoms with Crippen LogP contribution in [-0.2, 0) is 0 Å². The average Bonchev–Trinajstić information content (AvgIpc) is 2.14. The van der Waals surface area contributed by atoms with Crippen molar-refractivity contribution in [2.45, 2.75) is 0 Å². The van der Waals surface area contributed by atoms with Crippen LogP contribution in [-0.4, -0.2) is 24.2 Å². The minimum atomic E-state index is 0.354. The summed E-state index contributed by atoms with van der Waals surface area (Å²) < 4.78 is 0.733. The molecule has 0 aliphatic rings. The van der Waals surface area contributed by atoms with Crippen molar-refractivity contribution in [3.05, 3.63) is 28.5 Å². The third-order valence-corrected chi connectivity index (χ3v) is 1.73. The molecule has 0 bridgehead atoms. The van der Waals surface area contributed by atoms with Crippen molar-refractivity contribution >= 4 is 28.1 Å². The highest BCUT2D eigenvalue weighted by molar-refractivity contribution is 9.10. The minimum absolute atomic E-state index is 0.354. The highest BCUT2D eigenvalue weighted by Crippen LogP contribution is 2.05. The summed E-state index contributed by atoms with van der Waals surface area (Å²) in [6.45, 7) is 0. The predicted octanol–water partition coefficient (Wildman–Crippen LogP) is 1.21. The summed E-state index contributed by atoms with van der Waals surface area (Å²) in [5.74, 6) is 0.354. The highest BCUT2D eigenvalue weighted by atomic mass is 79.9. The van der Waals surface area contributed by atoms with E-state index >= 15 is 0 Å². The Labute approximate surface area is 84.7 Å². The van der Waals surface area contributed by atoms with Crippen molar-refractivity contribution in [3.8, 4) is 0 Å². The van der Waals surface area contributed by atoms with E-state index in [1.165, 1.54) is 6.34 Å². The SMILES string of the molecule is CN=CN=C(N)c1cccc(Br)n1. The number of rotatable bonds is 2. The quantitative estimate of drug-likeness (QED) is 0.480. The Balaban J connectivity index is 2.94. The zero-order chi connectivity index (χ0) is 9.68. The van der Waals surface area contributed by atoms with E-state index in [4.69, 9.17) is 5.73 Å². The molecular formula is C8H9BrN4. The highest BCUT2D eigenvalue weighted by Gasteiger charge is 1.98. The fourth-order valence-corrected chi connectivity index (χ4v) is 1.08. The second-order valence-electron chi connectivity index (χ2n) is 2.23. The van der Waals surface area contributed by atoms with Crippen molar-refractivity contribution in [1.82, 2.24) is 4.98 Å². The zero-order valence-corrected chi connectivity index (χ0v) is 8.69. The van der Waals surface area contributed by atoms with Crippen LogP contribution in [0.1, 0.15) is 5.69 Å². The smallest absolute Gasteiger partial charge is 0.151 e. The van der Waals surface area contributed by atoms with Crippen molar-refractivity contribution < 1.29 is 0 Å². The van der Waals surface area contributed by atoms with E-state index in [1.807, 2.05) is 12.1 Å². The van der Waals surface area contributed by atoms with Gasteiger partial charge >= 0.3 is 0 Å². The summed E-state index contributed by atoms with van der Waals surface area (Å²) in [7, 11) is 1.63. The number of nitrogens with two attached hydrogens (primary N) is 1. The molecule has 4 nitrogen and oxygen atoms in total. The second kappa shape index (κ2) is 4.71. The van der Waals surface area contributed by atoms with Gasteiger partial charge in [-0.3, -0.25) is 4.99 Å². The van der Waals surface area contributed by atoms with Crippen LogP contribution in [0.5, 0.6) is 0 Å². The molecule has 0 aromatic carbocycles. The third-order valence-electron chi connectivity index (χ3n) is 1.29. The van der Waals surface area contributed by atoms with Crippen LogP contribution in [0.4, 0.5) is 0 Å². The van der Waals surface area contributed by atoms with E-state index in [9.17, 15) is 0 Å². The van der Waals surface area contributed by atoms with Gasteiger partial charge in [-0.2, -0.15) is 0 Å². The van der Waals surface area contributed by atoms with E-state index in [-0.39, 0.29) is 0 Å². The third kappa shape index (κ3) is 2.95. The first-order chi connectivity index (χ1) is 6.24. The molecule has 0 amide bonds. The van der Waals surface area contributed by atoms with Gasteiger partial charge in [-0.05, 0) is 28.1 Å². The van der Waals surface area contributed by atoms with Gasteiger partial charge in [-0.25, -0.2) is 9.98 Å². The molecule has 68 valence electrons. The van der Waals surface area contributed by atoms with Gasteiger partial charge in [0, 0.05) is 7.05 Å². The van der Waals surface area contributed by atoms with Gasteiger partial charge in [0.15, 0.2) is 5.84 Å². The van der Waals surface area contributed by atoms with E-state index in [0.717, 1.165) is 4.60 Å². The lowest BCUT2D eigenvalue weighted by Crippen LogP contribution is -2.15. The minimum Gasteiger partial charge on any atom is -0.382 e. The van der Waals surface area contributed by atoms with Crippen LogP contribution in [0.25, 0.3) is 0 Å². The number of aliphatic imine (C=N–C) groups is 2. The maximum absolute atomic E-state index is 5.63. The predicted molar refractivity (Wildman–Crippen MR) is 57.1 cm³/mol. The molecule has 0 atom stereocenters. The Morgan fingerprint density at radius 3 is 3.00 bits per heavy atom. The number of amidine groups is 1. The maximum atomic E-state index is 5.63. The molecular weight excluding hydrogens is 232 g/mol. The van der Waals surface area contributed by atoms with Crippen molar-refractivity contribution in [2.75, 3.05) is 7.05 Å². The first-order valence-electron chi connectivity index (χ1n) is 3.61. The molecule has 1 aromatic heterocycles. The summed E-state index contributed by atoms with van der Waals surface area (Å²) >= 11 is 3.24. The zero-order valence-electron chi connectivity index (χ0n) is 7.11. The Kier molecular flexibility index (Phi) is 3.57. The summed E-state index contributed by atoms with van der Waals surface area (Å²) in [5.41, 5.74) is 6.26. The van der Waals surface area contributed by atoms with E-state index < -0.39 is 0 Å². The van der Waals surface area contributed by atoms with Crippen molar-refractivity contribution in [3.63, 3.8) is 0 Å². The monoisotopic (exact) mass is 240 g/mol. The molecule has 0 spiro atoms. The largest absolute Gasteiger partial charge is 0.382 e. The maximum Gasteiger partial charge on any atom is 0.151 e. The lowest BCUT2D eigenvalue weighted by molar-refractivity contribution is 1.23. The fourth-order valence-electron chi connectivity index (χ4n) is 0.737. The molecule has 13 heavy (non-hydrogen) atoms. The van der Waals surface area contributed by atoms with Crippen LogP contribution < -0.4 is 5.73 Å². The molecule has 0 aliphatic carbocycles. The number of pyridine rings is 1. The molecule has 1 heterocycles. The Morgan fingerprint density at radius 2 is 2.38 bits per heavy atom. The molecule has 1 rings (SSSR count). The van der Waals surface area contributed by atoms with Crippen molar-refractivity contribution in [1.29, 1.82) is 0 Å². The normalized spacial score (nSPS) is 12.3. The van der Waals surface area contributed by atoms with E-state index in [2.05, 4.69) is 30.9 Å². The Hall–Kier alpha value is -1.23. The molecule has 0 saturated carbocycles. The molecule has 0 saturated heterocycles. The van der Waals surface area contributed by atoms with Crippen LogP contribution in [0.15, 0.2) is 32.8 Å². The number of hydrogen-bond donors (Lipinski definition) is 1. The second-order valence-corrected chi connectivity index (χ2v) is 3.05. The van der Waals surface area contributed by atoms with Gasteiger partial charge in [-0.1, -0.05) is 6.07 Å². The number of halogens is 1. The van der Waals surface area contributed by atoms with E-state index in [1.54, 1.807) is 13.1 Å². The van der Waals surface area contributed by atoms with Gasteiger partial charge in [-0.15, -0.1) is 0 Å². The molecule has 0 fully saturated rings. The van der Waals surface area contributed by atoms with Crippen LogP contribution in [0, 0.1) is 0 Å². The summed E-state index contributed by atoms with van der Waals surface area (Å²) in [4.78, 5) is 11.7. The van der Waals surface area contributed by atoms with Gasteiger partial charge < -0.3 is 5.73 Å². The first-order valence-corrected chi connectivity index (χ1v) is 4.40. The molecule has 5 heteroatoms.